The first kappa shape index (κ1) is 20.8. The molecular weight excluding hydrogens is 411 g/mol. The number of nitrogens with two attached hydrogens (primary N) is 1. The largest absolute Gasteiger partial charge is 0.389 e. The topological polar surface area (TPSA) is 59.1 Å². The average molecular weight is 431 g/mol. The van der Waals surface area contributed by atoms with Crippen molar-refractivity contribution in [2.75, 3.05) is 0 Å². The van der Waals surface area contributed by atoms with Crippen LogP contribution in [0.3, 0.4) is 0 Å². The molecule has 144 valence electrons. The van der Waals surface area contributed by atoms with Gasteiger partial charge in [0.2, 0.25) is 0 Å². The summed E-state index contributed by atoms with van der Waals surface area (Å²) >= 11 is 7.99. The lowest BCUT2D eigenvalue weighted by Gasteiger charge is -2.11. The van der Waals surface area contributed by atoms with Crippen LogP contribution >= 0.6 is 35.3 Å². The Balaban J connectivity index is 0.00000225. The van der Waals surface area contributed by atoms with Gasteiger partial charge in [-0.15, -0.1) is 23.7 Å². The molecule has 0 fully saturated rings. The van der Waals surface area contributed by atoms with E-state index in [-0.39, 0.29) is 18.4 Å². The molecule has 2 atom stereocenters. The average Bonchev–Trinajstić information content (AvgIpc) is 3.12. The summed E-state index contributed by atoms with van der Waals surface area (Å²) in [6.45, 7) is 1.76. The first-order chi connectivity index (χ1) is 13.0. The smallest absolute Gasteiger partial charge is 0.0763 e. The van der Waals surface area contributed by atoms with Gasteiger partial charge >= 0.3 is 0 Å². The second-order valence-electron chi connectivity index (χ2n) is 6.52. The maximum atomic E-state index is 9.88. The predicted octanol–water partition coefficient (Wildman–Crippen LogP) is 6.14. The Bertz CT molecular complexity index is 1110. The van der Waals surface area contributed by atoms with Gasteiger partial charge in [-0.2, -0.15) is 0 Å². The monoisotopic (exact) mass is 430 g/mol. The third-order valence-corrected chi connectivity index (χ3v) is 6.26. The second kappa shape index (κ2) is 8.60. The van der Waals surface area contributed by atoms with Crippen molar-refractivity contribution in [1.29, 1.82) is 0 Å². The standard InChI is InChI=1S/C22H19ClN2OS.ClH/c1-13(26)14-9-10-25-19(11-14)17-7-4-5-15-12-20(27-22(15)17)21(24)16-6-2-3-8-18(16)23;/h2-13,21,26H,24H2,1H3;1H/t13?,21-;/m1./s1. The van der Waals surface area contributed by atoms with Gasteiger partial charge in [-0.05, 0) is 47.7 Å². The van der Waals surface area contributed by atoms with Crippen molar-refractivity contribution in [3.05, 3.63) is 87.9 Å². The molecule has 0 spiro atoms. The van der Waals surface area contributed by atoms with E-state index in [1.54, 1.807) is 24.5 Å². The van der Waals surface area contributed by atoms with Crippen LogP contribution in [-0.4, -0.2) is 10.1 Å². The number of pyridine rings is 1. The number of aliphatic hydroxyl groups is 1. The number of aromatic nitrogens is 1. The highest BCUT2D eigenvalue weighted by atomic mass is 35.5. The normalized spacial score (nSPS) is 13.1. The summed E-state index contributed by atoms with van der Waals surface area (Å²) in [5.41, 5.74) is 10.2. The molecule has 6 heteroatoms. The molecule has 2 heterocycles. The first-order valence-electron chi connectivity index (χ1n) is 8.71. The lowest BCUT2D eigenvalue weighted by Crippen LogP contribution is -2.10. The van der Waals surface area contributed by atoms with Crippen LogP contribution in [0.2, 0.25) is 5.02 Å². The zero-order valence-electron chi connectivity index (χ0n) is 15.2. The predicted molar refractivity (Wildman–Crippen MR) is 120 cm³/mol. The van der Waals surface area contributed by atoms with Gasteiger partial charge in [0.1, 0.15) is 0 Å². The Morgan fingerprint density at radius 2 is 1.86 bits per heavy atom. The van der Waals surface area contributed by atoms with Crippen molar-refractivity contribution in [2.24, 2.45) is 5.73 Å². The minimum Gasteiger partial charge on any atom is -0.389 e. The number of hydrogen-bond donors (Lipinski definition) is 2. The first-order valence-corrected chi connectivity index (χ1v) is 9.91. The van der Waals surface area contributed by atoms with Gasteiger partial charge in [-0.3, -0.25) is 4.98 Å². The van der Waals surface area contributed by atoms with Crippen molar-refractivity contribution >= 4 is 45.4 Å². The molecule has 3 N–H and O–H groups in total. The number of halogens is 2. The molecule has 3 nitrogen and oxygen atoms in total. The lowest BCUT2D eigenvalue weighted by molar-refractivity contribution is 0.199. The van der Waals surface area contributed by atoms with Crippen LogP contribution in [0.25, 0.3) is 21.3 Å². The molecule has 1 unspecified atom stereocenters. The molecule has 2 aromatic heterocycles. The van der Waals surface area contributed by atoms with E-state index in [0.29, 0.717) is 5.02 Å². The Kier molecular flexibility index (Phi) is 6.38. The maximum absolute atomic E-state index is 9.88. The summed E-state index contributed by atoms with van der Waals surface area (Å²) in [5, 5.41) is 11.7. The van der Waals surface area contributed by atoms with E-state index in [2.05, 4.69) is 23.2 Å². The minimum absolute atomic E-state index is 0. The molecule has 0 aliphatic heterocycles. The Hall–Kier alpha value is -1.95. The summed E-state index contributed by atoms with van der Waals surface area (Å²) in [6.07, 6.45) is 1.21. The Labute approximate surface area is 179 Å². The van der Waals surface area contributed by atoms with Crippen molar-refractivity contribution in [3.63, 3.8) is 0 Å². The SMILES string of the molecule is CC(O)c1ccnc(-c2cccc3cc([C@H](N)c4ccccc4Cl)sc23)c1.Cl. The summed E-state index contributed by atoms with van der Waals surface area (Å²) in [7, 11) is 0. The molecule has 0 aliphatic rings. The molecule has 4 aromatic rings. The van der Waals surface area contributed by atoms with Crippen LogP contribution in [0.15, 0.2) is 66.9 Å². The summed E-state index contributed by atoms with van der Waals surface area (Å²) in [4.78, 5) is 5.56. The summed E-state index contributed by atoms with van der Waals surface area (Å²) in [6, 6.07) is 19.5. The van der Waals surface area contributed by atoms with Crippen LogP contribution in [-0.2, 0) is 0 Å². The molecule has 2 aromatic carbocycles. The zero-order valence-corrected chi connectivity index (χ0v) is 17.6. The molecule has 0 radical (unpaired) electrons. The molecule has 4 rings (SSSR count). The van der Waals surface area contributed by atoms with E-state index in [1.165, 1.54) is 0 Å². The highest BCUT2D eigenvalue weighted by molar-refractivity contribution is 7.19. The molecule has 0 amide bonds. The number of hydrogen-bond acceptors (Lipinski definition) is 4. The van der Waals surface area contributed by atoms with Crippen LogP contribution in [0.5, 0.6) is 0 Å². The third-order valence-electron chi connectivity index (χ3n) is 4.65. The molecule has 0 aliphatic carbocycles. The van der Waals surface area contributed by atoms with Gasteiger partial charge in [-0.25, -0.2) is 0 Å². The van der Waals surface area contributed by atoms with Gasteiger partial charge in [0.15, 0.2) is 0 Å². The van der Waals surface area contributed by atoms with Crippen molar-refractivity contribution in [3.8, 4) is 11.3 Å². The van der Waals surface area contributed by atoms with E-state index in [9.17, 15) is 5.11 Å². The van der Waals surface area contributed by atoms with Crippen LogP contribution in [0.4, 0.5) is 0 Å². The highest BCUT2D eigenvalue weighted by Crippen LogP contribution is 2.39. The Morgan fingerprint density at radius 3 is 2.61 bits per heavy atom. The van der Waals surface area contributed by atoms with Crippen LogP contribution in [0.1, 0.15) is 35.1 Å². The number of aliphatic hydroxyl groups excluding tert-OH is 1. The highest BCUT2D eigenvalue weighted by Gasteiger charge is 2.17. The molecule has 0 saturated carbocycles. The minimum atomic E-state index is -0.529. The van der Waals surface area contributed by atoms with Crippen molar-refractivity contribution < 1.29 is 5.11 Å². The fourth-order valence-corrected chi connectivity index (χ4v) is 4.63. The number of nitrogens with zero attached hydrogens (tertiary/aromatic N) is 1. The Morgan fingerprint density at radius 1 is 1.07 bits per heavy atom. The van der Waals surface area contributed by atoms with E-state index in [1.807, 2.05) is 42.5 Å². The summed E-state index contributed by atoms with van der Waals surface area (Å²) < 4.78 is 1.13. The lowest BCUT2D eigenvalue weighted by atomic mass is 10.0. The zero-order chi connectivity index (χ0) is 19.0. The molecule has 0 saturated heterocycles. The maximum Gasteiger partial charge on any atom is 0.0763 e. The van der Waals surface area contributed by atoms with Gasteiger partial charge in [0, 0.05) is 26.4 Å². The molecule has 28 heavy (non-hydrogen) atoms. The van der Waals surface area contributed by atoms with Crippen molar-refractivity contribution in [2.45, 2.75) is 19.1 Å². The van der Waals surface area contributed by atoms with Gasteiger partial charge in [0.05, 0.1) is 17.8 Å². The quantitative estimate of drug-likeness (QED) is 0.408. The number of thiophene rings is 1. The van der Waals surface area contributed by atoms with E-state index < -0.39 is 6.10 Å². The van der Waals surface area contributed by atoms with E-state index >= 15 is 0 Å². The van der Waals surface area contributed by atoms with Gasteiger partial charge < -0.3 is 10.8 Å². The molecular formula is C22H20Cl2N2OS. The van der Waals surface area contributed by atoms with E-state index in [4.69, 9.17) is 17.3 Å². The van der Waals surface area contributed by atoms with Crippen LogP contribution in [0, 0.1) is 0 Å². The van der Waals surface area contributed by atoms with E-state index in [0.717, 1.165) is 37.3 Å². The number of fused-ring (bicyclic) bond motifs is 1. The van der Waals surface area contributed by atoms with Gasteiger partial charge in [0.25, 0.3) is 0 Å². The third kappa shape index (κ3) is 3.93. The summed E-state index contributed by atoms with van der Waals surface area (Å²) in [5.74, 6) is 0. The number of benzene rings is 2. The van der Waals surface area contributed by atoms with Gasteiger partial charge in [-0.1, -0.05) is 48.0 Å². The molecule has 0 bridgehead atoms. The van der Waals surface area contributed by atoms with Crippen LogP contribution < -0.4 is 5.73 Å². The fourth-order valence-electron chi connectivity index (χ4n) is 3.17. The van der Waals surface area contributed by atoms with Crippen molar-refractivity contribution in [1.82, 2.24) is 4.98 Å². The second-order valence-corrected chi connectivity index (χ2v) is 8.01. The fraction of sp³-hybridized carbons (Fsp3) is 0.136. The number of rotatable bonds is 4.